The SMILES string of the molecule is O=C(O)CN(CCOOCCN(CC(=O)O)CC(=O)O)CC(=O)O. The Labute approximate surface area is 136 Å². The van der Waals surface area contributed by atoms with Crippen LogP contribution in [0.15, 0.2) is 0 Å². The Morgan fingerprint density at radius 3 is 1.04 bits per heavy atom. The number of rotatable bonds is 15. The van der Waals surface area contributed by atoms with Crippen molar-refractivity contribution in [2.24, 2.45) is 0 Å². The third-order valence-corrected chi connectivity index (χ3v) is 2.50. The Balaban J connectivity index is 3.99. The molecule has 0 heterocycles. The molecule has 0 aliphatic heterocycles. The van der Waals surface area contributed by atoms with Gasteiger partial charge >= 0.3 is 23.9 Å². The van der Waals surface area contributed by atoms with E-state index in [1.807, 2.05) is 0 Å². The third-order valence-electron chi connectivity index (χ3n) is 2.50. The highest BCUT2D eigenvalue weighted by Gasteiger charge is 2.14. The molecule has 0 aromatic carbocycles. The predicted molar refractivity (Wildman–Crippen MR) is 75.3 cm³/mol. The van der Waals surface area contributed by atoms with Crippen LogP contribution >= 0.6 is 0 Å². The molecule has 12 heteroatoms. The van der Waals surface area contributed by atoms with Crippen LogP contribution in [0, 0.1) is 0 Å². The summed E-state index contributed by atoms with van der Waals surface area (Å²) in [6, 6.07) is 0. The summed E-state index contributed by atoms with van der Waals surface area (Å²) in [5.74, 6) is -4.74. The fourth-order valence-electron chi connectivity index (χ4n) is 1.64. The van der Waals surface area contributed by atoms with Gasteiger partial charge in [0.25, 0.3) is 0 Å². The molecule has 0 saturated carbocycles. The van der Waals surface area contributed by atoms with Crippen molar-refractivity contribution < 1.29 is 49.4 Å². The van der Waals surface area contributed by atoms with Crippen LogP contribution in [0.1, 0.15) is 0 Å². The van der Waals surface area contributed by atoms with Crippen molar-refractivity contribution in [3.05, 3.63) is 0 Å². The van der Waals surface area contributed by atoms with Crippen LogP contribution in [0.5, 0.6) is 0 Å². The zero-order valence-electron chi connectivity index (χ0n) is 12.8. The highest BCUT2D eigenvalue weighted by molar-refractivity contribution is 5.73. The van der Waals surface area contributed by atoms with Gasteiger partial charge in [0.2, 0.25) is 0 Å². The summed E-state index contributed by atoms with van der Waals surface area (Å²) in [5.41, 5.74) is 0. The fraction of sp³-hybridized carbons (Fsp3) is 0.667. The van der Waals surface area contributed by atoms with Crippen LogP contribution in [-0.4, -0.2) is 107 Å². The van der Waals surface area contributed by atoms with Gasteiger partial charge in [-0.2, -0.15) is 0 Å². The molecule has 0 saturated heterocycles. The van der Waals surface area contributed by atoms with Crippen LogP contribution in [-0.2, 0) is 29.0 Å². The molecular formula is C12H20N2O10. The molecular weight excluding hydrogens is 332 g/mol. The minimum absolute atomic E-state index is 0.00737. The largest absolute Gasteiger partial charge is 0.480 e. The summed E-state index contributed by atoms with van der Waals surface area (Å²) in [4.78, 5) is 54.0. The first-order chi connectivity index (χ1) is 11.2. The van der Waals surface area contributed by atoms with Gasteiger partial charge in [-0.05, 0) is 0 Å². The van der Waals surface area contributed by atoms with E-state index in [-0.39, 0.29) is 26.3 Å². The zero-order valence-corrected chi connectivity index (χ0v) is 12.8. The second kappa shape index (κ2) is 12.2. The van der Waals surface area contributed by atoms with Gasteiger partial charge in [0, 0.05) is 13.1 Å². The van der Waals surface area contributed by atoms with E-state index in [9.17, 15) is 19.2 Å². The number of nitrogens with zero attached hydrogens (tertiary/aromatic N) is 2. The lowest BCUT2D eigenvalue weighted by Crippen LogP contribution is -2.38. The van der Waals surface area contributed by atoms with Crippen molar-refractivity contribution in [1.29, 1.82) is 0 Å². The molecule has 0 atom stereocenters. The van der Waals surface area contributed by atoms with E-state index in [1.165, 1.54) is 0 Å². The van der Waals surface area contributed by atoms with Gasteiger partial charge in [-0.1, -0.05) is 0 Å². The average Bonchev–Trinajstić information content (AvgIpc) is 2.39. The van der Waals surface area contributed by atoms with Crippen molar-refractivity contribution in [3.63, 3.8) is 0 Å². The van der Waals surface area contributed by atoms with E-state index >= 15 is 0 Å². The van der Waals surface area contributed by atoms with Gasteiger partial charge < -0.3 is 20.4 Å². The van der Waals surface area contributed by atoms with E-state index < -0.39 is 50.1 Å². The Kier molecular flexibility index (Phi) is 11.0. The molecule has 0 radical (unpaired) electrons. The summed E-state index contributed by atoms with van der Waals surface area (Å²) in [6.07, 6.45) is 0. The Hall–Kier alpha value is -2.28. The predicted octanol–water partition coefficient (Wildman–Crippen LogP) is -2.12. The molecule has 0 amide bonds. The van der Waals surface area contributed by atoms with Gasteiger partial charge in [0.05, 0.1) is 39.4 Å². The number of hydrogen-bond acceptors (Lipinski definition) is 8. The number of aliphatic carboxylic acids is 4. The topological polar surface area (TPSA) is 174 Å². The quantitative estimate of drug-likeness (QED) is 0.143. The molecule has 138 valence electrons. The van der Waals surface area contributed by atoms with Crippen LogP contribution in [0.2, 0.25) is 0 Å². The van der Waals surface area contributed by atoms with Crippen molar-refractivity contribution in [1.82, 2.24) is 9.80 Å². The summed E-state index contributed by atoms with van der Waals surface area (Å²) < 4.78 is 0. The molecule has 0 aliphatic carbocycles. The molecule has 0 aromatic rings. The van der Waals surface area contributed by atoms with Gasteiger partial charge in [0.15, 0.2) is 0 Å². The van der Waals surface area contributed by atoms with Crippen LogP contribution in [0.3, 0.4) is 0 Å². The standard InChI is InChI=1S/C12H20N2O10/c15-9(16)5-13(6-10(17)18)1-3-23-24-4-2-14(7-11(19)20)8-12(21)22/h1-8H2,(H,15,16)(H,17,18)(H,19,20)(H,21,22). The molecule has 0 spiro atoms. The van der Waals surface area contributed by atoms with E-state index in [0.717, 1.165) is 9.80 Å². The maximum Gasteiger partial charge on any atom is 0.317 e. The molecule has 0 fully saturated rings. The third kappa shape index (κ3) is 13.4. The molecule has 0 unspecified atom stereocenters. The first-order valence-electron chi connectivity index (χ1n) is 6.77. The molecule has 4 N–H and O–H groups in total. The highest BCUT2D eigenvalue weighted by Crippen LogP contribution is 1.92. The van der Waals surface area contributed by atoms with Gasteiger partial charge in [-0.15, -0.1) is 0 Å². The summed E-state index contributed by atoms with van der Waals surface area (Å²) >= 11 is 0. The number of hydrogen-bond donors (Lipinski definition) is 4. The first-order valence-corrected chi connectivity index (χ1v) is 6.77. The summed E-state index contributed by atoms with van der Waals surface area (Å²) in [6.45, 7) is -2.13. The molecule has 0 rings (SSSR count). The van der Waals surface area contributed by atoms with Crippen molar-refractivity contribution in [2.45, 2.75) is 0 Å². The molecule has 24 heavy (non-hydrogen) atoms. The van der Waals surface area contributed by atoms with Crippen LogP contribution in [0.4, 0.5) is 0 Å². The first kappa shape index (κ1) is 21.7. The van der Waals surface area contributed by atoms with Crippen molar-refractivity contribution >= 4 is 23.9 Å². The van der Waals surface area contributed by atoms with Gasteiger partial charge in [0.1, 0.15) is 0 Å². The maximum atomic E-state index is 10.6. The number of carbonyl (C=O) groups is 4. The monoisotopic (exact) mass is 352 g/mol. The van der Waals surface area contributed by atoms with E-state index in [0.29, 0.717) is 0 Å². The average molecular weight is 352 g/mol. The van der Waals surface area contributed by atoms with Crippen molar-refractivity contribution in [3.8, 4) is 0 Å². The highest BCUT2D eigenvalue weighted by atomic mass is 17.2. The second-order valence-electron chi connectivity index (χ2n) is 4.64. The summed E-state index contributed by atoms with van der Waals surface area (Å²) in [7, 11) is 0. The smallest absolute Gasteiger partial charge is 0.317 e. The van der Waals surface area contributed by atoms with Crippen LogP contribution in [0.25, 0.3) is 0 Å². The normalized spacial score (nSPS) is 10.9. The molecule has 0 aliphatic rings. The molecule has 0 aromatic heterocycles. The number of carboxylic acids is 4. The molecule has 0 bridgehead atoms. The van der Waals surface area contributed by atoms with Crippen LogP contribution < -0.4 is 0 Å². The Bertz CT molecular complexity index is 370. The Morgan fingerprint density at radius 1 is 0.583 bits per heavy atom. The maximum absolute atomic E-state index is 10.6. The Morgan fingerprint density at radius 2 is 0.833 bits per heavy atom. The summed E-state index contributed by atoms with van der Waals surface area (Å²) in [5, 5.41) is 34.5. The fourth-order valence-corrected chi connectivity index (χ4v) is 1.64. The van der Waals surface area contributed by atoms with Crippen molar-refractivity contribution in [2.75, 3.05) is 52.5 Å². The number of carboxylic acid groups (broad SMARTS) is 4. The van der Waals surface area contributed by atoms with E-state index in [1.54, 1.807) is 0 Å². The lowest BCUT2D eigenvalue weighted by molar-refractivity contribution is -0.296. The van der Waals surface area contributed by atoms with Gasteiger partial charge in [-0.25, -0.2) is 9.78 Å². The molecule has 12 nitrogen and oxygen atoms in total. The zero-order chi connectivity index (χ0) is 18.5. The second-order valence-corrected chi connectivity index (χ2v) is 4.64. The van der Waals surface area contributed by atoms with E-state index in [2.05, 4.69) is 0 Å². The van der Waals surface area contributed by atoms with E-state index in [4.69, 9.17) is 30.2 Å². The van der Waals surface area contributed by atoms with Gasteiger partial charge in [-0.3, -0.25) is 29.0 Å². The lowest BCUT2D eigenvalue weighted by Gasteiger charge is -2.18. The lowest BCUT2D eigenvalue weighted by atomic mass is 10.4. The minimum Gasteiger partial charge on any atom is -0.480 e. The minimum atomic E-state index is -1.19.